The standard InChI is InChI=1S/C46H53NO24/c1-64-27-12-20(4-9-25(27)50)6-11-33(53)71-42-36(56)31(18-65-44-39(59)37(57)34(54)29(16-48)68-44)70-46(41(42)61)67-28-15-23-21(14-26(28)51)13-24(43(62)63)47(23)32(52)10-5-19-2-7-22(8-3-19)66-45-40(60)38(58)35(55)30(17-49)69-45/h2-12,14-15,24,29-31,34-42,44-46,48-51,54-61H,13,16-18H2,1H3,(H,62,63)/b10-5+,11-6+/t24-,29+,30+,31+,34+,35+,36+,37-,38-,39+,40+,41+,42-,44+,45+,46+/m0/s1. The molecule has 1 amide bonds. The van der Waals surface area contributed by atoms with Gasteiger partial charge >= 0.3 is 11.9 Å². The molecule has 71 heavy (non-hydrogen) atoms. The Morgan fingerprint density at radius 2 is 1.24 bits per heavy atom. The van der Waals surface area contributed by atoms with Crippen molar-refractivity contribution < 1.29 is 119 Å². The summed E-state index contributed by atoms with van der Waals surface area (Å²) in [5.41, 5.74) is 0.918. The minimum atomic E-state index is -2.06. The van der Waals surface area contributed by atoms with Gasteiger partial charge in [0, 0.05) is 24.6 Å². The number of aromatic hydroxyl groups is 2. The number of aliphatic hydroxyl groups excluding tert-OH is 10. The molecule has 3 aromatic rings. The molecule has 3 saturated heterocycles. The second-order valence-electron chi connectivity index (χ2n) is 16.8. The average molecular weight is 1000 g/mol. The molecule has 0 aliphatic carbocycles. The number of aliphatic hydroxyl groups is 10. The molecule has 3 aromatic carbocycles. The summed E-state index contributed by atoms with van der Waals surface area (Å²) in [5.74, 6) is -4.45. The third-order valence-electron chi connectivity index (χ3n) is 12.1. The first kappa shape index (κ1) is 52.8. The SMILES string of the molecule is COc1cc(/C=C/C(=O)O[C@@H]2[C@@H](O)[C@H](Oc3cc4c(cc3O)C[C@@H](C(=O)O)N4C(=O)/C=C/c3ccc(O[C@@H]4O[C@H](CO)[C@@H](O)[C@H](O)[C@H]4O)cc3)O[C@H](CO[C@@H]3O[C@H](CO)[C@@H](O)[C@H](O)[C@H]3O)[C@H]2O)ccc1O. The lowest BCUT2D eigenvalue weighted by Gasteiger charge is -2.43. The van der Waals surface area contributed by atoms with Crippen molar-refractivity contribution in [1.29, 1.82) is 0 Å². The number of carbonyl (C=O) groups excluding carboxylic acids is 2. The average Bonchev–Trinajstić information content (AvgIpc) is 3.73. The Kier molecular flexibility index (Phi) is 16.8. The molecule has 4 aliphatic heterocycles. The predicted octanol–water partition coefficient (Wildman–Crippen LogP) is -3.39. The number of carboxylic acid groups (broad SMARTS) is 1. The maximum Gasteiger partial charge on any atom is 0.331 e. The maximum absolute atomic E-state index is 13.8. The van der Waals surface area contributed by atoms with Crippen molar-refractivity contribution >= 4 is 35.7 Å². The Morgan fingerprint density at radius 1 is 0.648 bits per heavy atom. The Labute approximate surface area is 402 Å². The number of aliphatic carboxylic acids is 1. The number of phenolic OH excluding ortho intramolecular Hbond substituents is 2. The van der Waals surface area contributed by atoms with Crippen molar-refractivity contribution in [2.45, 2.75) is 105 Å². The number of hydrogen-bond donors (Lipinski definition) is 13. The van der Waals surface area contributed by atoms with Gasteiger partial charge in [-0.05, 0) is 59.2 Å². The van der Waals surface area contributed by atoms with Gasteiger partial charge in [0.15, 0.2) is 41.5 Å². The van der Waals surface area contributed by atoms with E-state index in [1.54, 1.807) is 0 Å². The molecule has 0 spiro atoms. The molecule has 0 radical (unpaired) electrons. The van der Waals surface area contributed by atoms with Gasteiger partial charge in [0.25, 0.3) is 5.91 Å². The summed E-state index contributed by atoms with van der Waals surface area (Å²) in [6, 6.07) is 10.7. The van der Waals surface area contributed by atoms with Crippen LogP contribution in [-0.2, 0) is 44.5 Å². The fraction of sp³-hybridized carbons (Fsp3) is 0.457. The molecule has 16 atom stereocenters. The lowest BCUT2D eigenvalue weighted by atomic mass is 9.98. The number of carboxylic acids is 1. The van der Waals surface area contributed by atoms with E-state index in [0.717, 1.165) is 29.2 Å². The highest BCUT2D eigenvalue weighted by molar-refractivity contribution is 6.09. The van der Waals surface area contributed by atoms with Crippen LogP contribution in [0.4, 0.5) is 5.69 Å². The number of esters is 1. The molecule has 0 aromatic heterocycles. The molecule has 25 heteroatoms. The van der Waals surface area contributed by atoms with Crippen molar-refractivity contribution in [1.82, 2.24) is 0 Å². The van der Waals surface area contributed by atoms with Crippen LogP contribution in [0.5, 0.6) is 28.7 Å². The fourth-order valence-corrected chi connectivity index (χ4v) is 8.16. The van der Waals surface area contributed by atoms with Crippen LogP contribution in [0.2, 0.25) is 0 Å². The number of methoxy groups -OCH3 is 1. The molecule has 13 N–H and O–H groups in total. The number of hydrogen-bond acceptors (Lipinski definition) is 23. The van der Waals surface area contributed by atoms with Crippen molar-refractivity contribution in [3.8, 4) is 28.7 Å². The van der Waals surface area contributed by atoms with Crippen LogP contribution in [0.1, 0.15) is 16.7 Å². The molecule has 7 rings (SSSR count). The summed E-state index contributed by atoms with van der Waals surface area (Å²) in [6.45, 7) is -2.22. The summed E-state index contributed by atoms with van der Waals surface area (Å²) in [4.78, 5) is 40.4. The van der Waals surface area contributed by atoms with Crippen LogP contribution < -0.4 is 19.1 Å². The Balaban J connectivity index is 1.10. The van der Waals surface area contributed by atoms with Crippen LogP contribution in [0, 0.1) is 0 Å². The lowest BCUT2D eigenvalue weighted by Crippen LogP contribution is -2.63. The molecule has 3 fully saturated rings. The van der Waals surface area contributed by atoms with Crippen molar-refractivity contribution in [2.75, 3.05) is 31.8 Å². The first-order valence-electron chi connectivity index (χ1n) is 21.9. The Bertz CT molecular complexity index is 2410. The number of benzene rings is 3. The first-order valence-corrected chi connectivity index (χ1v) is 21.9. The summed E-state index contributed by atoms with van der Waals surface area (Å²) in [7, 11) is 1.31. The van der Waals surface area contributed by atoms with Crippen LogP contribution in [0.25, 0.3) is 12.2 Å². The van der Waals surface area contributed by atoms with Gasteiger partial charge in [-0.3, -0.25) is 9.69 Å². The minimum absolute atomic E-state index is 0.0464. The number of ether oxygens (including phenoxy) is 8. The molecular weight excluding hydrogens is 950 g/mol. The zero-order chi connectivity index (χ0) is 51.4. The fourth-order valence-electron chi connectivity index (χ4n) is 8.16. The molecule has 0 saturated carbocycles. The predicted molar refractivity (Wildman–Crippen MR) is 235 cm³/mol. The minimum Gasteiger partial charge on any atom is -0.504 e. The van der Waals surface area contributed by atoms with E-state index in [4.69, 9.17) is 37.9 Å². The highest BCUT2D eigenvalue weighted by atomic mass is 16.7. The molecule has 4 heterocycles. The van der Waals surface area contributed by atoms with Crippen LogP contribution in [-0.4, -0.2) is 209 Å². The van der Waals surface area contributed by atoms with E-state index in [2.05, 4.69) is 0 Å². The summed E-state index contributed by atoms with van der Waals surface area (Å²) in [5, 5.41) is 135. The quantitative estimate of drug-likeness (QED) is 0.0491. The van der Waals surface area contributed by atoms with E-state index < -0.39 is 147 Å². The van der Waals surface area contributed by atoms with Gasteiger partial charge in [0.05, 0.1) is 32.6 Å². The molecule has 25 nitrogen and oxygen atoms in total. The van der Waals surface area contributed by atoms with Gasteiger partial charge in [0.2, 0.25) is 12.6 Å². The highest BCUT2D eigenvalue weighted by Gasteiger charge is 2.51. The van der Waals surface area contributed by atoms with E-state index >= 15 is 0 Å². The van der Waals surface area contributed by atoms with Gasteiger partial charge in [-0.15, -0.1) is 0 Å². The van der Waals surface area contributed by atoms with E-state index in [9.17, 15) is 80.8 Å². The number of nitrogens with zero attached hydrogens (tertiary/aromatic N) is 1. The van der Waals surface area contributed by atoms with Gasteiger partial charge in [-0.2, -0.15) is 0 Å². The summed E-state index contributed by atoms with van der Waals surface area (Å²) < 4.78 is 44.2. The first-order chi connectivity index (χ1) is 33.8. The largest absolute Gasteiger partial charge is 0.504 e. The van der Waals surface area contributed by atoms with Gasteiger partial charge in [-0.1, -0.05) is 18.2 Å². The molecular formula is C46H53NO24. The van der Waals surface area contributed by atoms with E-state index in [-0.39, 0.29) is 34.9 Å². The third kappa shape index (κ3) is 11.5. The van der Waals surface area contributed by atoms with Crippen LogP contribution in [0.15, 0.2) is 66.7 Å². The zero-order valence-electron chi connectivity index (χ0n) is 37.3. The van der Waals surface area contributed by atoms with Crippen molar-refractivity contribution in [2.24, 2.45) is 0 Å². The van der Waals surface area contributed by atoms with Crippen LogP contribution >= 0.6 is 0 Å². The van der Waals surface area contributed by atoms with Crippen LogP contribution in [0.3, 0.4) is 0 Å². The van der Waals surface area contributed by atoms with Crippen molar-refractivity contribution in [3.63, 3.8) is 0 Å². The Hall–Kier alpha value is -6.01. The number of carbonyl (C=O) groups is 3. The summed E-state index contributed by atoms with van der Waals surface area (Å²) in [6.07, 6.45) is -21.3. The van der Waals surface area contributed by atoms with E-state index in [1.165, 1.54) is 61.7 Å². The lowest BCUT2D eigenvalue weighted by molar-refractivity contribution is -0.323. The molecule has 4 aliphatic rings. The van der Waals surface area contributed by atoms with Gasteiger partial charge < -0.3 is 104 Å². The second-order valence-corrected chi connectivity index (χ2v) is 16.8. The molecule has 0 unspecified atom stereocenters. The number of anilines is 1. The zero-order valence-corrected chi connectivity index (χ0v) is 37.3. The number of amides is 1. The van der Waals surface area contributed by atoms with Gasteiger partial charge in [0.1, 0.15) is 72.8 Å². The Morgan fingerprint density at radius 3 is 1.87 bits per heavy atom. The summed E-state index contributed by atoms with van der Waals surface area (Å²) >= 11 is 0. The topological polar surface area (TPSA) is 391 Å². The highest BCUT2D eigenvalue weighted by Crippen LogP contribution is 2.42. The van der Waals surface area contributed by atoms with E-state index in [0.29, 0.717) is 11.1 Å². The monoisotopic (exact) mass is 1000 g/mol. The molecule has 386 valence electrons. The normalized spacial score (nSPS) is 32.9. The number of phenols is 2. The molecule has 0 bridgehead atoms. The van der Waals surface area contributed by atoms with E-state index in [1.807, 2.05) is 0 Å². The van der Waals surface area contributed by atoms with Crippen molar-refractivity contribution in [3.05, 3.63) is 83.4 Å². The smallest absolute Gasteiger partial charge is 0.331 e. The second kappa shape index (κ2) is 22.6. The van der Waals surface area contributed by atoms with Gasteiger partial charge in [-0.25, -0.2) is 9.59 Å². The number of fused-ring (bicyclic) bond motifs is 1. The number of rotatable bonds is 16. The maximum atomic E-state index is 13.8. The third-order valence-corrected chi connectivity index (χ3v) is 12.1.